The molecule has 3 aromatic rings. The van der Waals surface area contributed by atoms with Crippen LogP contribution >= 0.6 is 0 Å². The quantitative estimate of drug-likeness (QED) is 0.596. The molecule has 8 heteroatoms. The van der Waals surface area contributed by atoms with Gasteiger partial charge in [-0.3, -0.25) is 9.13 Å². The van der Waals surface area contributed by atoms with Crippen molar-refractivity contribution in [1.29, 1.82) is 0 Å². The molecule has 0 saturated heterocycles. The van der Waals surface area contributed by atoms with Crippen LogP contribution in [0.2, 0.25) is 0 Å². The van der Waals surface area contributed by atoms with Crippen LogP contribution < -0.4 is 5.69 Å². The smallest absolute Gasteiger partial charge is 0.356 e. The molecule has 0 radical (unpaired) electrons. The molecule has 144 valence electrons. The molecule has 0 saturated carbocycles. The average Bonchev–Trinajstić information content (AvgIpc) is 3.25. The summed E-state index contributed by atoms with van der Waals surface area (Å²) in [5.41, 5.74) is 2.41. The van der Waals surface area contributed by atoms with E-state index in [1.165, 1.54) is 7.11 Å². The lowest BCUT2D eigenvalue weighted by molar-refractivity contribution is 0.0594. The van der Waals surface area contributed by atoms with E-state index in [1.54, 1.807) is 33.9 Å². The van der Waals surface area contributed by atoms with E-state index in [-0.39, 0.29) is 17.4 Å². The fourth-order valence-electron chi connectivity index (χ4n) is 3.48. The minimum atomic E-state index is -0.523. The van der Waals surface area contributed by atoms with Gasteiger partial charge in [0.25, 0.3) is 0 Å². The van der Waals surface area contributed by atoms with Crippen molar-refractivity contribution in [2.45, 2.75) is 52.7 Å². The van der Waals surface area contributed by atoms with E-state index in [4.69, 9.17) is 4.74 Å². The molecule has 0 spiro atoms. The number of aromatic nitrogens is 5. The van der Waals surface area contributed by atoms with E-state index in [0.29, 0.717) is 12.1 Å². The normalized spacial score (nSPS) is 11.4. The van der Waals surface area contributed by atoms with E-state index in [9.17, 15) is 9.59 Å². The van der Waals surface area contributed by atoms with Gasteiger partial charge in [-0.05, 0) is 25.8 Å². The molecular weight excluding hydrogens is 346 g/mol. The molecule has 0 aliphatic rings. The first-order chi connectivity index (χ1) is 13.0. The number of rotatable bonds is 7. The molecule has 0 bridgehead atoms. The molecule has 0 aliphatic carbocycles. The molecule has 0 atom stereocenters. The fraction of sp³-hybridized carbons (Fsp3) is 0.474. The second kappa shape index (κ2) is 7.77. The standard InChI is InChI=1S/C19H25N5O3/c1-5-13(6-2)24-17-10-21-15(18(25)27-4)8-16(17)23(19(24)26)11-14-9-20-12-22(14)7-3/h8-10,12-13H,5-7,11H2,1-4H3. The highest BCUT2D eigenvalue weighted by molar-refractivity contribution is 5.91. The number of nitrogens with zero attached hydrogens (tertiary/aromatic N) is 5. The molecule has 3 rings (SSSR count). The predicted octanol–water partition coefficient (Wildman–Crippen LogP) is 2.61. The fourth-order valence-corrected chi connectivity index (χ4v) is 3.48. The number of aryl methyl sites for hydroxylation is 1. The van der Waals surface area contributed by atoms with Crippen LogP contribution in [0.5, 0.6) is 0 Å². The summed E-state index contributed by atoms with van der Waals surface area (Å²) in [4.78, 5) is 33.6. The Morgan fingerprint density at radius 3 is 2.56 bits per heavy atom. The molecule has 27 heavy (non-hydrogen) atoms. The molecule has 0 amide bonds. The molecule has 3 aromatic heterocycles. The van der Waals surface area contributed by atoms with Crippen molar-refractivity contribution in [3.8, 4) is 0 Å². The lowest BCUT2D eigenvalue weighted by atomic mass is 10.1. The number of carbonyl (C=O) groups is 1. The molecular formula is C19H25N5O3. The van der Waals surface area contributed by atoms with Gasteiger partial charge in [0.1, 0.15) is 0 Å². The van der Waals surface area contributed by atoms with Crippen LogP contribution in [0.4, 0.5) is 0 Å². The van der Waals surface area contributed by atoms with Crippen molar-refractivity contribution < 1.29 is 9.53 Å². The first kappa shape index (κ1) is 18.9. The van der Waals surface area contributed by atoms with E-state index in [2.05, 4.69) is 23.8 Å². The molecule has 0 N–H and O–H groups in total. The van der Waals surface area contributed by atoms with Gasteiger partial charge in [0.05, 0.1) is 42.9 Å². The largest absolute Gasteiger partial charge is 0.464 e. The maximum atomic E-state index is 13.3. The second-order valence-corrected chi connectivity index (χ2v) is 6.43. The number of carbonyl (C=O) groups excluding carboxylic acids is 1. The molecule has 0 fully saturated rings. The monoisotopic (exact) mass is 371 g/mol. The van der Waals surface area contributed by atoms with Crippen molar-refractivity contribution in [1.82, 2.24) is 23.7 Å². The number of imidazole rings is 2. The van der Waals surface area contributed by atoms with Crippen LogP contribution in [0.1, 0.15) is 55.8 Å². The van der Waals surface area contributed by atoms with E-state index < -0.39 is 5.97 Å². The number of esters is 1. The van der Waals surface area contributed by atoms with Crippen LogP contribution in [0.3, 0.4) is 0 Å². The van der Waals surface area contributed by atoms with E-state index >= 15 is 0 Å². The highest BCUT2D eigenvalue weighted by Crippen LogP contribution is 2.22. The molecule has 8 nitrogen and oxygen atoms in total. The second-order valence-electron chi connectivity index (χ2n) is 6.43. The lowest BCUT2D eigenvalue weighted by Crippen LogP contribution is -2.28. The van der Waals surface area contributed by atoms with Crippen LogP contribution in [-0.2, 0) is 17.8 Å². The van der Waals surface area contributed by atoms with Crippen LogP contribution in [0.15, 0.2) is 29.6 Å². The number of hydrogen-bond acceptors (Lipinski definition) is 5. The maximum Gasteiger partial charge on any atom is 0.356 e. The van der Waals surface area contributed by atoms with Crippen molar-refractivity contribution in [2.75, 3.05) is 7.11 Å². The number of methoxy groups -OCH3 is 1. The highest BCUT2D eigenvalue weighted by Gasteiger charge is 2.21. The van der Waals surface area contributed by atoms with Gasteiger partial charge in [0, 0.05) is 18.8 Å². The Morgan fingerprint density at radius 2 is 1.93 bits per heavy atom. The third-order valence-corrected chi connectivity index (χ3v) is 5.01. The van der Waals surface area contributed by atoms with E-state index in [1.807, 2.05) is 11.5 Å². The highest BCUT2D eigenvalue weighted by atomic mass is 16.5. The summed E-state index contributed by atoms with van der Waals surface area (Å²) in [5.74, 6) is -0.523. The number of ether oxygens (including phenoxy) is 1. The Kier molecular flexibility index (Phi) is 5.43. The summed E-state index contributed by atoms with van der Waals surface area (Å²) in [5, 5.41) is 0. The van der Waals surface area contributed by atoms with Crippen molar-refractivity contribution in [3.05, 3.63) is 46.7 Å². The summed E-state index contributed by atoms with van der Waals surface area (Å²) in [6.45, 7) is 7.30. The predicted molar refractivity (Wildman–Crippen MR) is 102 cm³/mol. The summed E-state index contributed by atoms with van der Waals surface area (Å²) < 4.78 is 10.3. The third-order valence-electron chi connectivity index (χ3n) is 5.01. The summed E-state index contributed by atoms with van der Waals surface area (Å²) in [6.07, 6.45) is 6.78. The Labute approximate surface area is 157 Å². The van der Waals surface area contributed by atoms with Gasteiger partial charge in [-0.2, -0.15) is 0 Å². The maximum absolute atomic E-state index is 13.3. The van der Waals surface area contributed by atoms with Gasteiger partial charge in [-0.25, -0.2) is 19.6 Å². The third kappa shape index (κ3) is 3.27. The van der Waals surface area contributed by atoms with Gasteiger partial charge in [0.2, 0.25) is 0 Å². The van der Waals surface area contributed by atoms with Gasteiger partial charge >= 0.3 is 11.7 Å². The minimum absolute atomic E-state index is 0.0723. The topological polar surface area (TPSA) is 83.9 Å². The van der Waals surface area contributed by atoms with Gasteiger partial charge in [0.15, 0.2) is 5.69 Å². The Bertz CT molecular complexity index is 1010. The van der Waals surface area contributed by atoms with Gasteiger partial charge in [-0.1, -0.05) is 13.8 Å². The zero-order valence-corrected chi connectivity index (χ0v) is 16.2. The first-order valence-corrected chi connectivity index (χ1v) is 9.23. The van der Waals surface area contributed by atoms with Crippen molar-refractivity contribution >= 4 is 17.0 Å². The Morgan fingerprint density at radius 1 is 1.19 bits per heavy atom. The molecule has 0 aliphatic heterocycles. The van der Waals surface area contributed by atoms with Gasteiger partial charge in [-0.15, -0.1) is 0 Å². The van der Waals surface area contributed by atoms with Crippen LogP contribution in [0, 0.1) is 0 Å². The molecule has 0 unspecified atom stereocenters. The molecule has 0 aromatic carbocycles. The lowest BCUT2D eigenvalue weighted by Gasteiger charge is -2.14. The average molecular weight is 371 g/mol. The van der Waals surface area contributed by atoms with Crippen LogP contribution in [-0.4, -0.2) is 36.7 Å². The summed E-state index contributed by atoms with van der Waals surface area (Å²) >= 11 is 0. The van der Waals surface area contributed by atoms with Crippen molar-refractivity contribution in [2.24, 2.45) is 0 Å². The molecule has 3 heterocycles. The summed E-state index contributed by atoms with van der Waals surface area (Å²) in [6, 6.07) is 1.71. The SMILES string of the molecule is CCC(CC)n1c(=O)n(Cc2cncn2CC)c2cc(C(=O)OC)ncc21. The number of pyridine rings is 1. The zero-order chi connectivity index (χ0) is 19.6. The van der Waals surface area contributed by atoms with Gasteiger partial charge < -0.3 is 9.30 Å². The zero-order valence-electron chi connectivity index (χ0n) is 16.2. The van der Waals surface area contributed by atoms with Crippen molar-refractivity contribution in [3.63, 3.8) is 0 Å². The van der Waals surface area contributed by atoms with Crippen LogP contribution in [0.25, 0.3) is 11.0 Å². The Balaban J connectivity index is 2.24. The Hall–Kier alpha value is -2.90. The number of hydrogen-bond donors (Lipinski definition) is 0. The summed E-state index contributed by atoms with van der Waals surface area (Å²) in [7, 11) is 1.32. The minimum Gasteiger partial charge on any atom is -0.464 e. The van der Waals surface area contributed by atoms with E-state index in [0.717, 1.165) is 30.6 Å². The number of fused-ring (bicyclic) bond motifs is 1. The first-order valence-electron chi connectivity index (χ1n) is 9.23.